The van der Waals surface area contributed by atoms with Crippen LogP contribution in [-0.4, -0.2) is 46.8 Å². The van der Waals surface area contributed by atoms with E-state index in [1.165, 1.54) is 0 Å². The molecule has 0 saturated carbocycles. The van der Waals surface area contributed by atoms with Crippen LogP contribution in [0.5, 0.6) is 0 Å². The molecule has 1 fully saturated rings. The Labute approximate surface area is 97.3 Å². The monoisotopic (exact) mass is 229 g/mol. The zero-order valence-electron chi connectivity index (χ0n) is 10.1. The van der Waals surface area contributed by atoms with Crippen LogP contribution in [-0.2, 0) is 4.79 Å². The van der Waals surface area contributed by atoms with Gasteiger partial charge in [-0.2, -0.15) is 0 Å². The summed E-state index contributed by atoms with van der Waals surface area (Å²) in [6.45, 7) is 4.00. The maximum Gasteiger partial charge on any atom is 0.320 e. The molecule has 0 aliphatic carbocycles. The van der Waals surface area contributed by atoms with Crippen LogP contribution < -0.4 is 0 Å². The van der Waals surface area contributed by atoms with E-state index in [2.05, 4.69) is 11.8 Å². The van der Waals surface area contributed by atoms with Gasteiger partial charge in [0.15, 0.2) is 0 Å². The van der Waals surface area contributed by atoms with E-state index < -0.39 is 5.97 Å². The first-order valence-electron chi connectivity index (χ1n) is 6.26. The Balaban J connectivity index is 2.43. The second-order valence-electron chi connectivity index (χ2n) is 4.66. The minimum Gasteiger partial charge on any atom is -0.480 e. The summed E-state index contributed by atoms with van der Waals surface area (Å²) in [4.78, 5) is 13.2. The van der Waals surface area contributed by atoms with Crippen molar-refractivity contribution in [3.63, 3.8) is 0 Å². The van der Waals surface area contributed by atoms with Crippen molar-refractivity contribution in [2.24, 2.45) is 5.92 Å². The third-order valence-corrected chi connectivity index (χ3v) is 3.41. The number of aliphatic hydroxyl groups is 1. The molecule has 0 spiro atoms. The molecule has 0 radical (unpaired) electrons. The highest BCUT2D eigenvalue weighted by atomic mass is 16.4. The number of aliphatic carboxylic acids is 1. The fourth-order valence-corrected chi connectivity index (χ4v) is 2.42. The number of aliphatic hydroxyl groups excluding tert-OH is 1. The Morgan fingerprint density at radius 2 is 2.31 bits per heavy atom. The molecule has 16 heavy (non-hydrogen) atoms. The third-order valence-electron chi connectivity index (χ3n) is 3.41. The number of hydrogen-bond acceptors (Lipinski definition) is 3. The summed E-state index contributed by atoms with van der Waals surface area (Å²) in [7, 11) is 0. The number of rotatable bonds is 7. The maximum absolute atomic E-state index is 11.2. The number of carboxylic acid groups (broad SMARTS) is 1. The van der Waals surface area contributed by atoms with Crippen molar-refractivity contribution in [3.05, 3.63) is 0 Å². The van der Waals surface area contributed by atoms with Gasteiger partial charge in [0.05, 0.1) is 0 Å². The lowest BCUT2D eigenvalue weighted by Gasteiger charge is -2.24. The molecule has 4 heteroatoms. The SMILES string of the molecule is CCCCC(C(=O)O)N1CCC(CCO)C1. The molecule has 1 aliphatic heterocycles. The predicted octanol–water partition coefficient (Wildman–Crippen LogP) is 1.33. The molecule has 1 rings (SSSR count). The van der Waals surface area contributed by atoms with Crippen molar-refractivity contribution in [2.75, 3.05) is 19.7 Å². The average Bonchev–Trinajstić information content (AvgIpc) is 2.67. The number of carbonyl (C=O) groups is 1. The van der Waals surface area contributed by atoms with Gasteiger partial charge in [0, 0.05) is 13.2 Å². The average molecular weight is 229 g/mol. The van der Waals surface area contributed by atoms with Crippen molar-refractivity contribution in [1.82, 2.24) is 4.90 Å². The summed E-state index contributed by atoms with van der Waals surface area (Å²) in [5.74, 6) is -0.216. The molecule has 0 amide bonds. The van der Waals surface area contributed by atoms with E-state index in [1.807, 2.05) is 0 Å². The highest BCUT2D eigenvalue weighted by Crippen LogP contribution is 2.23. The van der Waals surface area contributed by atoms with Gasteiger partial charge in [0.25, 0.3) is 0 Å². The van der Waals surface area contributed by atoms with Crippen LogP contribution in [0.2, 0.25) is 0 Å². The van der Waals surface area contributed by atoms with Crippen molar-refractivity contribution in [1.29, 1.82) is 0 Å². The van der Waals surface area contributed by atoms with E-state index in [9.17, 15) is 9.90 Å². The van der Waals surface area contributed by atoms with E-state index in [0.717, 1.165) is 45.2 Å². The first-order chi connectivity index (χ1) is 7.69. The molecule has 1 heterocycles. The second kappa shape index (κ2) is 6.86. The number of likely N-dealkylation sites (tertiary alicyclic amines) is 1. The summed E-state index contributed by atoms with van der Waals surface area (Å²) < 4.78 is 0. The summed E-state index contributed by atoms with van der Waals surface area (Å²) >= 11 is 0. The lowest BCUT2D eigenvalue weighted by Crippen LogP contribution is -2.39. The Morgan fingerprint density at radius 1 is 1.56 bits per heavy atom. The summed E-state index contributed by atoms with van der Waals surface area (Å²) in [6, 6.07) is -0.316. The summed E-state index contributed by atoms with van der Waals surface area (Å²) in [5, 5.41) is 18.1. The van der Waals surface area contributed by atoms with Gasteiger partial charge in [-0.3, -0.25) is 9.69 Å². The molecule has 4 nitrogen and oxygen atoms in total. The number of hydrogen-bond donors (Lipinski definition) is 2. The normalized spacial score (nSPS) is 23.5. The first kappa shape index (κ1) is 13.5. The van der Waals surface area contributed by atoms with Crippen LogP contribution in [0.1, 0.15) is 39.0 Å². The lowest BCUT2D eigenvalue weighted by molar-refractivity contribution is -0.143. The smallest absolute Gasteiger partial charge is 0.320 e. The zero-order chi connectivity index (χ0) is 12.0. The molecule has 0 bridgehead atoms. The topological polar surface area (TPSA) is 60.8 Å². The Morgan fingerprint density at radius 3 is 2.88 bits per heavy atom. The van der Waals surface area contributed by atoms with Gasteiger partial charge in [0.2, 0.25) is 0 Å². The van der Waals surface area contributed by atoms with Crippen LogP contribution >= 0.6 is 0 Å². The van der Waals surface area contributed by atoms with Gasteiger partial charge in [0.1, 0.15) is 6.04 Å². The lowest BCUT2D eigenvalue weighted by atomic mass is 10.1. The van der Waals surface area contributed by atoms with Crippen molar-refractivity contribution >= 4 is 5.97 Å². The number of nitrogens with zero attached hydrogens (tertiary/aromatic N) is 1. The molecule has 1 aliphatic rings. The molecule has 1 saturated heterocycles. The summed E-state index contributed by atoms with van der Waals surface area (Å²) in [5.41, 5.74) is 0. The van der Waals surface area contributed by atoms with Gasteiger partial charge < -0.3 is 10.2 Å². The molecule has 0 aromatic carbocycles. The van der Waals surface area contributed by atoms with Gasteiger partial charge >= 0.3 is 5.97 Å². The van der Waals surface area contributed by atoms with E-state index in [4.69, 9.17) is 5.11 Å². The number of carboxylic acids is 1. The Hall–Kier alpha value is -0.610. The summed E-state index contributed by atoms with van der Waals surface area (Å²) in [6.07, 6.45) is 4.58. The minimum absolute atomic E-state index is 0.213. The molecule has 2 unspecified atom stereocenters. The fourth-order valence-electron chi connectivity index (χ4n) is 2.42. The molecule has 2 atom stereocenters. The molecular weight excluding hydrogens is 206 g/mol. The van der Waals surface area contributed by atoms with Gasteiger partial charge in [-0.1, -0.05) is 19.8 Å². The van der Waals surface area contributed by atoms with Gasteiger partial charge in [-0.25, -0.2) is 0 Å². The van der Waals surface area contributed by atoms with Crippen molar-refractivity contribution in [2.45, 2.75) is 45.1 Å². The molecule has 94 valence electrons. The molecule has 2 N–H and O–H groups in total. The van der Waals surface area contributed by atoms with E-state index in [1.54, 1.807) is 0 Å². The molecule has 0 aromatic heterocycles. The van der Waals surface area contributed by atoms with Crippen LogP contribution in [0.15, 0.2) is 0 Å². The van der Waals surface area contributed by atoms with E-state index in [0.29, 0.717) is 5.92 Å². The maximum atomic E-state index is 11.2. The highest BCUT2D eigenvalue weighted by molar-refractivity contribution is 5.73. The predicted molar refractivity (Wildman–Crippen MR) is 62.3 cm³/mol. The van der Waals surface area contributed by atoms with E-state index >= 15 is 0 Å². The van der Waals surface area contributed by atoms with Gasteiger partial charge in [-0.15, -0.1) is 0 Å². The first-order valence-corrected chi connectivity index (χ1v) is 6.26. The largest absolute Gasteiger partial charge is 0.480 e. The Bertz CT molecular complexity index is 220. The highest BCUT2D eigenvalue weighted by Gasteiger charge is 2.31. The second-order valence-corrected chi connectivity index (χ2v) is 4.66. The zero-order valence-corrected chi connectivity index (χ0v) is 10.1. The third kappa shape index (κ3) is 3.76. The standard InChI is InChI=1S/C12H23NO3/c1-2-3-4-11(12(15)16)13-7-5-10(9-13)6-8-14/h10-11,14H,2-9H2,1H3,(H,15,16). The number of unbranched alkanes of at least 4 members (excludes halogenated alkanes) is 1. The van der Waals surface area contributed by atoms with Crippen molar-refractivity contribution in [3.8, 4) is 0 Å². The van der Waals surface area contributed by atoms with E-state index in [-0.39, 0.29) is 12.6 Å². The molecule has 0 aromatic rings. The Kier molecular flexibility index (Phi) is 5.77. The van der Waals surface area contributed by atoms with Crippen LogP contribution in [0.3, 0.4) is 0 Å². The quantitative estimate of drug-likeness (QED) is 0.691. The van der Waals surface area contributed by atoms with Gasteiger partial charge in [-0.05, 0) is 31.7 Å². The fraction of sp³-hybridized carbons (Fsp3) is 0.917. The van der Waals surface area contributed by atoms with Crippen LogP contribution in [0, 0.1) is 5.92 Å². The molecular formula is C12H23NO3. The van der Waals surface area contributed by atoms with Crippen LogP contribution in [0.25, 0.3) is 0 Å². The van der Waals surface area contributed by atoms with Crippen molar-refractivity contribution < 1.29 is 15.0 Å². The van der Waals surface area contributed by atoms with Crippen LogP contribution in [0.4, 0.5) is 0 Å². The minimum atomic E-state index is -0.696.